The maximum atomic E-state index is 5.86. The molecule has 0 amide bonds. The van der Waals surface area contributed by atoms with E-state index in [0.29, 0.717) is 18.4 Å². The van der Waals surface area contributed by atoms with Gasteiger partial charge in [0, 0.05) is 17.4 Å². The fourth-order valence-electron chi connectivity index (χ4n) is 1.76. The van der Waals surface area contributed by atoms with Crippen LogP contribution in [0.5, 0.6) is 11.6 Å². The topological polar surface area (TPSA) is 81.8 Å². The van der Waals surface area contributed by atoms with Crippen LogP contribution < -0.4 is 20.5 Å². The average molecular weight is 414 g/mol. The maximum Gasteiger partial charge on any atom is 0.218 e. The highest BCUT2D eigenvalue weighted by Crippen LogP contribution is 2.16. The number of ether oxygens (including phenoxy) is 2. The number of hydrogen-bond acceptors (Lipinski definition) is 4. The Morgan fingerprint density at radius 1 is 1.18 bits per heavy atom. The summed E-state index contributed by atoms with van der Waals surface area (Å²) >= 11 is 0. The molecule has 6 nitrogen and oxygen atoms in total. The lowest BCUT2D eigenvalue weighted by Gasteiger charge is -2.07. The van der Waals surface area contributed by atoms with E-state index in [-0.39, 0.29) is 24.0 Å². The summed E-state index contributed by atoms with van der Waals surface area (Å²) in [4.78, 5) is 8.38. The fraction of sp³-hybridized carbons (Fsp3) is 0.200. The molecular weight excluding hydrogens is 395 g/mol. The summed E-state index contributed by atoms with van der Waals surface area (Å²) in [5, 5.41) is 3.01. The molecule has 0 bridgehead atoms. The largest absolute Gasteiger partial charge is 0.497 e. The van der Waals surface area contributed by atoms with Crippen molar-refractivity contribution in [2.45, 2.75) is 6.54 Å². The second-order valence-electron chi connectivity index (χ2n) is 4.23. The number of nitrogens with one attached hydrogen (secondary N) is 1. The summed E-state index contributed by atoms with van der Waals surface area (Å²) < 4.78 is 10.3. The minimum absolute atomic E-state index is 0. The highest BCUT2D eigenvalue weighted by molar-refractivity contribution is 14.0. The summed E-state index contributed by atoms with van der Waals surface area (Å²) in [7, 11) is 3.20. The van der Waals surface area contributed by atoms with Crippen molar-refractivity contribution in [2.24, 2.45) is 10.7 Å². The predicted octanol–water partition coefficient (Wildman–Crippen LogP) is 2.64. The highest BCUT2D eigenvalue weighted by atomic mass is 127. The number of nitrogens with two attached hydrogens (primary N) is 1. The Bertz CT molecular complexity index is 617. The van der Waals surface area contributed by atoms with Gasteiger partial charge in [0.25, 0.3) is 0 Å². The number of aliphatic imine (C=N–C) groups is 1. The van der Waals surface area contributed by atoms with Gasteiger partial charge in [-0.2, -0.15) is 0 Å². The van der Waals surface area contributed by atoms with Crippen LogP contribution in [0, 0.1) is 0 Å². The number of guanidine groups is 1. The molecule has 1 aromatic heterocycles. The number of benzene rings is 1. The van der Waals surface area contributed by atoms with Crippen molar-refractivity contribution in [3.63, 3.8) is 0 Å². The predicted molar refractivity (Wildman–Crippen MR) is 98.1 cm³/mol. The van der Waals surface area contributed by atoms with E-state index in [1.165, 1.54) is 0 Å². The van der Waals surface area contributed by atoms with Gasteiger partial charge in [0.15, 0.2) is 5.96 Å². The third-order valence-corrected chi connectivity index (χ3v) is 2.83. The van der Waals surface area contributed by atoms with Crippen molar-refractivity contribution in [1.29, 1.82) is 0 Å². The van der Waals surface area contributed by atoms with E-state index in [0.717, 1.165) is 17.0 Å². The number of halogens is 1. The number of methoxy groups -OCH3 is 2. The number of pyridine rings is 1. The van der Waals surface area contributed by atoms with Crippen LogP contribution in [-0.2, 0) is 6.54 Å². The lowest BCUT2D eigenvalue weighted by Crippen LogP contribution is -2.22. The van der Waals surface area contributed by atoms with E-state index in [1.54, 1.807) is 20.4 Å². The van der Waals surface area contributed by atoms with Gasteiger partial charge in [-0.15, -0.1) is 24.0 Å². The molecule has 0 aliphatic heterocycles. The number of rotatable bonds is 5. The zero-order valence-corrected chi connectivity index (χ0v) is 14.8. The van der Waals surface area contributed by atoms with E-state index in [2.05, 4.69) is 15.3 Å². The first-order chi connectivity index (χ1) is 10.2. The van der Waals surface area contributed by atoms with Crippen LogP contribution in [0.2, 0.25) is 0 Å². The molecule has 0 saturated carbocycles. The van der Waals surface area contributed by atoms with E-state index in [1.807, 2.05) is 36.4 Å². The molecule has 0 radical (unpaired) electrons. The standard InChI is InChI=1S/C15H18N4O2.HI/c1-20-13-7-5-12(6-8-13)19-15(16)18-10-11-4-3-9-17-14(11)21-2;/h3-9H,10H2,1-2H3,(H3,16,18,19);1H. The Labute approximate surface area is 146 Å². The molecule has 3 N–H and O–H groups in total. The van der Waals surface area contributed by atoms with Gasteiger partial charge >= 0.3 is 0 Å². The van der Waals surface area contributed by atoms with E-state index in [9.17, 15) is 0 Å². The van der Waals surface area contributed by atoms with Gasteiger partial charge in [-0.1, -0.05) is 6.07 Å². The molecule has 0 aliphatic rings. The molecule has 7 heteroatoms. The van der Waals surface area contributed by atoms with Crippen molar-refractivity contribution >= 4 is 35.6 Å². The number of aromatic nitrogens is 1. The molecule has 0 aliphatic carbocycles. The van der Waals surface area contributed by atoms with Gasteiger partial charge in [-0.25, -0.2) is 9.98 Å². The molecule has 0 saturated heterocycles. The molecule has 0 unspecified atom stereocenters. The van der Waals surface area contributed by atoms with Gasteiger partial charge in [-0.05, 0) is 30.3 Å². The molecule has 1 heterocycles. The second kappa shape index (κ2) is 9.08. The molecule has 0 spiro atoms. The molecule has 2 rings (SSSR count). The average Bonchev–Trinajstić information content (AvgIpc) is 2.54. The lowest BCUT2D eigenvalue weighted by molar-refractivity contribution is 0.392. The van der Waals surface area contributed by atoms with Crippen molar-refractivity contribution in [1.82, 2.24) is 4.98 Å². The van der Waals surface area contributed by atoms with Crippen molar-refractivity contribution in [3.05, 3.63) is 48.2 Å². The van der Waals surface area contributed by atoms with Gasteiger partial charge in [0.05, 0.1) is 20.8 Å². The summed E-state index contributed by atoms with van der Waals surface area (Å²) in [6, 6.07) is 11.2. The van der Waals surface area contributed by atoms with Crippen LogP contribution in [0.4, 0.5) is 5.69 Å². The van der Waals surface area contributed by atoms with E-state index in [4.69, 9.17) is 15.2 Å². The zero-order valence-electron chi connectivity index (χ0n) is 12.4. The third kappa shape index (κ3) is 5.06. The van der Waals surface area contributed by atoms with Crippen molar-refractivity contribution < 1.29 is 9.47 Å². The smallest absolute Gasteiger partial charge is 0.218 e. The molecule has 0 fully saturated rings. The number of nitrogens with zero attached hydrogens (tertiary/aromatic N) is 2. The normalized spacial score (nSPS) is 10.5. The fourth-order valence-corrected chi connectivity index (χ4v) is 1.76. The summed E-state index contributed by atoms with van der Waals surface area (Å²) in [5.74, 6) is 1.67. The SMILES string of the molecule is COc1ccc(NC(N)=NCc2cccnc2OC)cc1.I. The van der Waals surface area contributed by atoms with Gasteiger partial charge in [-0.3, -0.25) is 0 Å². The Kier molecular flexibility index (Phi) is 7.44. The Morgan fingerprint density at radius 2 is 1.91 bits per heavy atom. The summed E-state index contributed by atoms with van der Waals surface area (Å²) in [5.41, 5.74) is 7.58. The maximum absolute atomic E-state index is 5.86. The second-order valence-corrected chi connectivity index (χ2v) is 4.23. The van der Waals surface area contributed by atoms with E-state index < -0.39 is 0 Å². The molecule has 22 heavy (non-hydrogen) atoms. The van der Waals surface area contributed by atoms with E-state index >= 15 is 0 Å². The Hall–Kier alpha value is -2.03. The first-order valence-corrected chi connectivity index (χ1v) is 6.42. The zero-order chi connectivity index (χ0) is 15.1. The number of hydrogen-bond donors (Lipinski definition) is 2. The quantitative estimate of drug-likeness (QED) is 0.447. The van der Waals surface area contributed by atoms with Crippen LogP contribution in [0.3, 0.4) is 0 Å². The van der Waals surface area contributed by atoms with Crippen molar-refractivity contribution in [2.75, 3.05) is 19.5 Å². The van der Waals surface area contributed by atoms with Crippen LogP contribution in [-0.4, -0.2) is 25.2 Å². The minimum Gasteiger partial charge on any atom is -0.497 e. The minimum atomic E-state index is 0. The number of anilines is 1. The highest BCUT2D eigenvalue weighted by Gasteiger charge is 2.02. The first-order valence-electron chi connectivity index (χ1n) is 6.42. The lowest BCUT2D eigenvalue weighted by atomic mass is 10.3. The van der Waals surface area contributed by atoms with Crippen LogP contribution >= 0.6 is 24.0 Å². The van der Waals surface area contributed by atoms with Crippen molar-refractivity contribution in [3.8, 4) is 11.6 Å². The monoisotopic (exact) mass is 414 g/mol. The summed E-state index contributed by atoms with van der Waals surface area (Å²) in [6.45, 7) is 0.395. The molecule has 2 aromatic rings. The van der Waals surface area contributed by atoms with Crippen LogP contribution in [0.25, 0.3) is 0 Å². The Morgan fingerprint density at radius 3 is 2.55 bits per heavy atom. The molecular formula is C15H19IN4O2. The van der Waals surface area contributed by atoms with Gasteiger partial charge in [0.2, 0.25) is 5.88 Å². The van der Waals surface area contributed by atoms with Crippen LogP contribution in [0.15, 0.2) is 47.6 Å². The summed E-state index contributed by atoms with van der Waals surface area (Å²) in [6.07, 6.45) is 1.67. The van der Waals surface area contributed by atoms with Gasteiger partial charge < -0.3 is 20.5 Å². The third-order valence-electron chi connectivity index (χ3n) is 2.83. The molecule has 118 valence electrons. The van der Waals surface area contributed by atoms with Gasteiger partial charge in [0.1, 0.15) is 5.75 Å². The van der Waals surface area contributed by atoms with Crippen LogP contribution in [0.1, 0.15) is 5.56 Å². The first kappa shape index (κ1) is 18.0. The molecule has 1 aromatic carbocycles. The molecule has 0 atom stereocenters. The Balaban J connectivity index is 0.00000242.